The number of aromatic nitrogens is 3. The summed E-state index contributed by atoms with van der Waals surface area (Å²) in [6, 6.07) is 9.14. The molecule has 21 heavy (non-hydrogen) atoms. The minimum absolute atomic E-state index is 0.706. The molecular weight excluding hydrogens is 260 g/mol. The van der Waals surface area contributed by atoms with Crippen LogP contribution in [-0.2, 0) is 6.54 Å². The van der Waals surface area contributed by atoms with Crippen molar-refractivity contribution in [2.45, 2.75) is 32.4 Å². The van der Waals surface area contributed by atoms with Gasteiger partial charge in [0.15, 0.2) is 5.82 Å². The van der Waals surface area contributed by atoms with Gasteiger partial charge in [0.05, 0.1) is 6.20 Å². The number of hydrogen-bond acceptors (Lipinski definition) is 3. The van der Waals surface area contributed by atoms with Gasteiger partial charge in [-0.1, -0.05) is 24.3 Å². The van der Waals surface area contributed by atoms with E-state index in [1.165, 1.54) is 23.8 Å². The van der Waals surface area contributed by atoms with E-state index < -0.39 is 0 Å². The second kappa shape index (κ2) is 4.97. The van der Waals surface area contributed by atoms with Gasteiger partial charge in [0.2, 0.25) is 0 Å². The van der Waals surface area contributed by atoms with Crippen LogP contribution < -0.4 is 5.32 Å². The number of pyridine rings is 1. The standard InChI is InChI=1S/C17H18N4/c1-12-8-20-21(11-12)17-16-5-3-2-4-15(16)13(10-19-17)9-18-14-6-7-14/h2-5,8,10-11,14,18H,6-7,9H2,1H3. The molecule has 1 fully saturated rings. The summed E-state index contributed by atoms with van der Waals surface area (Å²) in [5.74, 6) is 0.897. The Balaban J connectivity index is 1.80. The van der Waals surface area contributed by atoms with Crippen molar-refractivity contribution in [3.63, 3.8) is 0 Å². The third-order valence-corrected chi connectivity index (χ3v) is 3.94. The van der Waals surface area contributed by atoms with Gasteiger partial charge in [0, 0.05) is 30.4 Å². The molecule has 0 saturated heterocycles. The molecule has 1 N–H and O–H groups in total. The van der Waals surface area contributed by atoms with Gasteiger partial charge >= 0.3 is 0 Å². The highest BCUT2D eigenvalue weighted by Crippen LogP contribution is 2.25. The summed E-state index contributed by atoms with van der Waals surface area (Å²) >= 11 is 0. The highest BCUT2D eigenvalue weighted by molar-refractivity contribution is 5.90. The Labute approximate surface area is 123 Å². The first-order chi connectivity index (χ1) is 10.3. The highest BCUT2D eigenvalue weighted by atomic mass is 15.3. The average molecular weight is 278 g/mol. The van der Waals surface area contributed by atoms with Crippen LogP contribution in [-0.4, -0.2) is 20.8 Å². The summed E-state index contributed by atoms with van der Waals surface area (Å²) < 4.78 is 1.86. The molecule has 2 aromatic heterocycles. The molecule has 4 heteroatoms. The SMILES string of the molecule is Cc1cnn(-c2ncc(CNC3CC3)c3ccccc23)c1. The van der Waals surface area contributed by atoms with Crippen molar-refractivity contribution in [2.75, 3.05) is 0 Å². The number of rotatable bonds is 4. The third-order valence-electron chi connectivity index (χ3n) is 3.94. The molecule has 1 aliphatic carbocycles. The van der Waals surface area contributed by atoms with Crippen LogP contribution in [0.2, 0.25) is 0 Å². The van der Waals surface area contributed by atoms with Crippen molar-refractivity contribution in [2.24, 2.45) is 0 Å². The summed E-state index contributed by atoms with van der Waals surface area (Å²) in [5, 5.41) is 10.4. The molecule has 0 spiro atoms. The van der Waals surface area contributed by atoms with Gasteiger partial charge in [-0.3, -0.25) is 0 Å². The summed E-state index contributed by atoms with van der Waals surface area (Å²) in [4.78, 5) is 4.65. The van der Waals surface area contributed by atoms with Gasteiger partial charge in [-0.2, -0.15) is 5.10 Å². The van der Waals surface area contributed by atoms with Crippen LogP contribution >= 0.6 is 0 Å². The molecule has 1 saturated carbocycles. The van der Waals surface area contributed by atoms with Crippen LogP contribution in [0.4, 0.5) is 0 Å². The fourth-order valence-electron chi connectivity index (χ4n) is 2.63. The average Bonchev–Trinajstić information content (AvgIpc) is 3.25. The van der Waals surface area contributed by atoms with Crippen molar-refractivity contribution in [3.05, 3.63) is 54.0 Å². The molecule has 0 unspecified atom stereocenters. The van der Waals surface area contributed by atoms with Crippen LogP contribution in [0, 0.1) is 6.92 Å². The Kier molecular flexibility index (Phi) is 2.97. The van der Waals surface area contributed by atoms with E-state index in [0.717, 1.165) is 23.3 Å². The summed E-state index contributed by atoms with van der Waals surface area (Å²) in [7, 11) is 0. The second-order valence-electron chi connectivity index (χ2n) is 5.77. The summed E-state index contributed by atoms with van der Waals surface area (Å²) in [5.41, 5.74) is 2.39. The lowest BCUT2D eigenvalue weighted by atomic mass is 10.1. The summed E-state index contributed by atoms with van der Waals surface area (Å²) in [6.45, 7) is 2.93. The molecule has 0 atom stereocenters. The predicted molar refractivity (Wildman–Crippen MR) is 83.5 cm³/mol. The molecule has 2 heterocycles. The maximum Gasteiger partial charge on any atom is 0.161 e. The zero-order chi connectivity index (χ0) is 14.2. The Bertz CT molecular complexity index is 786. The van der Waals surface area contributed by atoms with E-state index in [1.807, 2.05) is 30.2 Å². The first-order valence-electron chi connectivity index (χ1n) is 7.43. The predicted octanol–water partition coefficient (Wildman–Crippen LogP) is 2.98. The molecule has 4 nitrogen and oxygen atoms in total. The quantitative estimate of drug-likeness (QED) is 0.798. The zero-order valence-electron chi connectivity index (χ0n) is 12.1. The van der Waals surface area contributed by atoms with Crippen molar-refractivity contribution in [1.82, 2.24) is 20.1 Å². The Morgan fingerprint density at radius 2 is 2.00 bits per heavy atom. The van der Waals surface area contributed by atoms with Crippen LogP contribution in [0.5, 0.6) is 0 Å². The molecule has 0 amide bonds. The summed E-state index contributed by atoms with van der Waals surface area (Å²) in [6.07, 6.45) is 8.45. The number of nitrogens with one attached hydrogen (secondary N) is 1. The minimum Gasteiger partial charge on any atom is -0.310 e. The van der Waals surface area contributed by atoms with Gasteiger partial charge in [0.25, 0.3) is 0 Å². The van der Waals surface area contributed by atoms with E-state index in [9.17, 15) is 0 Å². The van der Waals surface area contributed by atoms with Crippen molar-refractivity contribution < 1.29 is 0 Å². The molecular formula is C17H18N4. The van der Waals surface area contributed by atoms with Crippen LogP contribution in [0.15, 0.2) is 42.9 Å². The van der Waals surface area contributed by atoms with Crippen molar-refractivity contribution in [3.8, 4) is 5.82 Å². The minimum atomic E-state index is 0.706. The molecule has 4 rings (SSSR count). The van der Waals surface area contributed by atoms with Gasteiger partial charge in [-0.15, -0.1) is 0 Å². The molecule has 0 bridgehead atoms. The molecule has 106 valence electrons. The van der Waals surface area contributed by atoms with Crippen LogP contribution in [0.3, 0.4) is 0 Å². The Morgan fingerprint density at radius 1 is 1.19 bits per heavy atom. The number of aryl methyl sites for hydroxylation is 1. The maximum atomic E-state index is 4.65. The molecule has 1 aliphatic rings. The molecule has 3 aromatic rings. The third kappa shape index (κ3) is 2.43. The lowest BCUT2D eigenvalue weighted by molar-refractivity contribution is 0.688. The maximum absolute atomic E-state index is 4.65. The van der Waals surface area contributed by atoms with Crippen LogP contribution in [0.25, 0.3) is 16.6 Å². The van der Waals surface area contributed by atoms with Gasteiger partial charge in [-0.05, 0) is 36.3 Å². The zero-order valence-corrected chi connectivity index (χ0v) is 12.1. The van der Waals surface area contributed by atoms with Gasteiger partial charge < -0.3 is 5.32 Å². The van der Waals surface area contributed by atoms with Crippen LogP contribution in [0.1, 0.15) is 24.0 Å². The number of benzene rings is 1. The Morgan fingerprint density at radius 3 is 2.71 bits per heavy atom. The lowest BCUT2D eigenvalue weighted by Crippen LogP contribution is -2.16. The van der Waals surface area contributed by atoms with Crippen molar-refractivity contribution in [1.29, 1.82) is 0 Å². The topological polar surface area (TPSA) is 42.7 Å². The fraction of sp³-hybridized carbons (Fsp3) is 0.294. The first kappa shape index (κ1) is 12.5. The van der Waals surface area contributed by atoms with Crippen molar-refractivity contribution >= 4 is 10.8 Å². The van der Waals surface area contributed by atoms with Gasteiger partial charge in [0.1, 0.15) is 0 Å². The number of nitrogens with zero attached hydrogens (tertiary/aromatic N) is 3. The van der Waals surface area contributed by atoms with E-state index in [0.29, 0.717) is 6.04 Å². The lowest BCUT2D eigenvalue weighted by Gasteiger charge is -2.11. The van der Waals surface area contributed by atoms with E-state index >= 15 is 0 Å². The Hall–Kier alpha value is -2.20. The van der Waals surface area contributed by atoms with E-state index in [2.05, 4.69) is 39.7 Å². The smallest absolute Gasteiger partial charge is 0.161 e. The highest BCUT2D eigenvalue weighted by Gasteiger charge is 2.20. The number of fused-ring (bicyclic) bond motifs is 1. The molecule has 1 aromatic carbocycles. The first-order valence-corrected chi connectivity index (χ1v) is 7.43. The monoisotopic (exact) mass is 278 g/mol. The number of hydrogen-bond donors (Lipinski definition) is 1. The molecule has 0 aliphatic heterocycles. The normalized spacial score (nSPS) is 14.7. The van der Waals surface area contributed by atoms with E-state index in [-0.39, 0.29) is 0 Å². The fourth-order valence-corrected chi connectivity index (χ4v) is 2.63. The van der Waals surface area contributed by atoms with E-state index in [1.54, 1.807) is 0 Å². The second-order valence-corrected chi connectivity index (χ2v) is 5.77. The molecule has 0 radical (unpaired) electrons. The van der Waals surface area contributed by atoms with E-state index in [4.69, 9.17) is 0 Å². The van der Waals surface area contributed by atoms with Gasteiger partial charge in [-0.25, -0.2) is 9.67 Å². The largest absolute Gasteiger partial charge is 0.310 e.